The minimum absolute atomic E-state index is 0.145. The van der Waals surface area contributed by atoms with Gasteiger partial charge in [0.15, 0.2) is 6.79 Å². The van der Waals surface area contributed by atoms with E-state index in [-0.39, 0.29) is 12.8 Å². The van der Waals surface area contributed by atoms with Crippen molar-refractivity contribution in [2.75, 3.05) is 13.9 Å². The van der Waals surface area contributed by atoms with Crippen LogP contribution >= 0.6 is 11.6 Å². The molecule has 0 spiro atoms. The molecule has 1 aromatic heterocycles. The summed E-state index contributed by atoms with van der Waals surface area (Å²) in [5.41, 5.74) is 6.46. The Hall–Kier alpha value is -1.23. The Morgan fingerprint density at radius 1 is 1.41 bits per heavy atom. The highest BCUT2D eigenvalue weighted by atomic mass is 35.5. The molecule has 1 heterocycles. The fourth-order valence-electron chi connectivity index (χ4n) is 1.52. The summed E-state index contributed by atoms with van der Waals surface area (Å²) in [5, 5.41) is 1.43. The zero-order valence-corrected chi connectivity index (χ0v) is 10.5. The number of nitrogens with two attached hydrogens (primary N) is 1. The van der Waals surface area contributed by atoms with Crippen molar-refractivity contribution in [2.24, 2.45) is 5.73 Å². The zero-order chi connectivity index (χ0) is 12.4. The van der Waals surface area contributed by atoms with E-state index in [1.165, 1.54) is 0 Å². The zero-order valence-electron chi connectivity index (χ0n) is 9.70. The highest BCUT2D eigenvalue weighted by Crippen LogP contribution is 2.32. The molecule has 4 nitrogen and oxygen atoms in total. The molecule has 2 rings (SSSR count). The Kier molecular flexibility index (Phi) is 3.57. The van der Waals surface area contributed by atoms with Gasteiger partial charge in [0.1, 0.15) is 17.1 Å². The van der Waals surface area contributed by atoms with Crippen LogP contribution in [-0.2, 0) is 4.74 Å². The molecule has 2 aromatic rings. The van der Waals surface area contributed by atoms with Gasteiger partial charge in [-0.3, -0.25) is 0 Å². The number of methoxy groups -OCH3 is 1. The van der Waals surface area contributed by atoms with Gasteiger partial charge < -0.3 is 19.6 Å². The van der Waals surface area contributed by atoms with Crippen LogP contribution in [0.4, 0.5) is 0 Å². The SMILES string of the molecule is COCOc1cc2oc(C(C)N)cc2cc1Cl. The Morgan fingerprint density at radius 2 is 2.18 bits per heavy atom. The summed E-state index contributed by atoms with van der Waals surface area (Å²) in [7, 11) is 1.55. The molecule has 0 fully saturated rings. The third kappa shape index (κ3) is 2.54. The van der Waals surface area contributed by atoms with Crippen LogP contribution in [0.5, 0.6) is 5.75 Å². The van der Waals surface area contributed by atoms with Gasteiger partial charge in [-0.15, -0.1) is 0 Å². The lowest BCUT2D eigenvalue weighted by Crippen LogP contribution is -2.02. The first-order valence-corrected chi connectivity index (χ1v) is 5.60. The fourth-order valence-corrected chi connectivity index (χ4v) is 1.75. The van der Waals surface area contributed by atoms with Crippen molar-refractivity contribution in [1.82, 2.24) is 0 Å². The van der Waals surface area contributed by atoms with Crippen LogP contribution in [0.1, 0.15) is 18.7 Å². The molecule has 0 amide bonds. The van der Waals surface area contributed by atoms with Crippen LogP contribution in [0.15, 0.2) is 22.6 Å². The lowest BCUT2D eigenvalue weighted by atomic mass is 10.2. The molecule has 0 aliphatic heterocycles. The Bertz CT molecular complexity index is 522. The summed E-state index contributed by atoms with van der Waals surface area (Å²) in [6.07, 6.45) is 0. The second-order valence-corrected chi connectivity index (χ2v) is 4.22. The number of rotatable bonds is 4. The molecule has 92 valence electrons. The molecular formula is C12H14ClNO3. The van der Waals surface area contributed by atoms with Crippen LogP contribution in [0.2, 0.25) is 5.02 Å². The van der Waals surface area contributed by atoms with E-state index in [2.05, 4.69) is 0 Å². The number of fused-ring (bicyclic) bond motifs is 1. The lowest BCUT2D eigenvalue weighted by Gasteiger charge is -2.05. The fraction of sp³-hybridized carbons (Fsp3) is 0.333. The van der Waals surface area contributed by atoms with Gasteiger partial charge in [-0.2, -0.15) is 0 Å². The summed E-state index contributed by atoms with van der Waals surface area (Å²) >= 11 is 6.07. The highest BCUT2D eigenvalue weighted by molar-refractivity contribution is 6.32. The van der Waals surface area contributed by atoms with Crippen molar-refractivity contribution in [2.45, 2.75) is 13.0 Å². The van der Waals surface area contributed by atoms with Gasteiger partial charge in [0.05, 0.1) is 11.1 Å². The van der Waals surface area contributed by atoms with E-state index in [1.807, 2.05) is 13.0 Å². The molecule has 0 saturated carbocycles. The largest absolute Gasteiger partial charge is 0.466 e. The van der Waals surface area contributed by atoms with Gasteiger partial charge in [-0.05, 0) is 19.1 Å². The van der Waals surface area contributed by atoms with E-state index in [9.17, 15) is 0 Å². The first-order valence-electron chi connectivity index (χ1n) is 5.22. The maximum Gasteiger partial charge on any atom is 0.188 e. The third-order valence-electron chi connectivity index (χ3n) is 2.37. The molecule has 1 atom stereocenters. The third-order valence-corrected chi connectivity index (χ3v) is 2.67. The number of halogens is 1. The standard InChI is InChI=1S/C12H14ClNO3/c1-7(14)10-4-8-3-9(13)12(16-6-15-2)5-11(8)17-10/h3-5,7H,6,14H2,1-2H3. The smallest absolute Gasteiger partial charge is 0.188 e. The molecule has 1 unspecified atom stereocenters. The Balaban J connectivity index is 2.41. The minimum atomic E-state index is -0.149. The predicted molar refractivity (Wildman–Crippen MR) is 66.3 cm³/mol. The molecule has 0 radical (unpaired) electrons. The van der Waals surface area contributed by atoms with Gasteiger partial charge in [0, 0.05) is 18.6 Å². The minimum Gasteiger partial charge on any atom is -0.466 e. The molecule has 0 bridgehead atoms. The summed E-state index contributed by atoms with van der Waals surface area (Å²) in [6.45, 7) is 2.01. The topological polar surface area (TPSA) is 57.6 Å². The predicted octanol–water partition coefficient (Wildman–Crippen LogP) is 3.09. The van der Waals surface area contributed by atoms with E-state index in [0.717, 1.165) is 11.1 Å². The number of benzene rings is 1. The van der Waals surface area contributed by atoms with Gasteiger partial charge in [0.2, 0.25) is 0 Å². The summed E-state index contributed by atoms with van der Waals surface area (Å²) in [6, 6.07) is 5.26. The summed E-state index contributed by atoms with van der Waals surface area (Å²) < 4.78 is 15.7. The number of hydrogen-bond acceptors (Lipinski definition) is 4. The average molecular weight is 256 g/mol. The number of hydrogen-bond donors (Lipinski definition) is 1. The van der Waals surface area contributed by atoms with Crippen LogP contribution in [0.3, 0.4) is 0 Å². The summed E-state index contributed by atoms with van der Waals surface area (Å²) in [4.78, 5) is 0. The van der Waals surface area contributed by atoms with Gasteiger partial charge in [-0.1, -0.05) is 11.6 Å². The molecule has 0 saturated heterocycles. The maximum absolute atomic E-state index is 6.07. The number of ether oxygens (including phenoxy) is 2. The van der Waals surface area contributed by atoms with Crippen molar-refractivity contribution in [3.05, 3.63) is 29.0 Å². The van der Waals surface area contributed by atoms with Gasteiger partial charge >= 0.3 is 0 Å². The van der Waals surface area contributed by atoms with Gasteiger partial charge in [0.25, 0.3) is 0 Å². The van der Waals surface area contributed by atoms with E-state index >= 15 is 0 Å². The second kappa shape index (κ2) is 4.96. The average Bonchev–Trinajstić information content (AvgIpc) is 2.68. The van der Waals surface area contributed by atoms with Crippen LogP contribution in [-0.4, -0.2) is 13.9 Å². The van der Waals surface area contributed by atoms with E-state index in [0.29, 0.717) is 16.4 Å². The van der Waals surface area contributed by atoms with Crippen molar-refractivity contribution in [3.63, 3.8) is 0 Å². The van der Waals surface area contributed by atoms with Crippen LogP contribution < -0.4 is 10.5 Å². The highest BCUT2D eigenvalue weighted by Gasteiger charge is 2.11. The van der Waals surface area contributed by atoms with E-state index in [4.69, 9.17) is 31.2 Å². The normalized spacial score (nSPS) is 12.9. The monoisotopic (exact) mass is 255 g/mol. The van der Waals surface area contributed by atoms with Crippen molar-refractivity contribution in [3.8, 4) is 5.75 Å². The molecule has 2 N–H and O–H groups in total. The van der Waals surface area contributed by atoms with E-state index in [1.54, 1.807) is 19.2 Å². The lowest BCUT2D eigenvalue weighted by molar-refractivity contribution is 0.0512. The Labute approximate surface area is 104 Å². The van der Waals surface area contributed by atoms with Crippen LogP contribution in [0.25, 0.3) is 11.0 Å². The second-order valence-electron chi connectivity index (χ2n) is 3.81. The van der Waals surface area contributed by atoms with Crippen LogP contribution in [0, 0.1) is 0 Å². The maximum atomic E-state index is 6.07. The summed E-state index contributed by atoms with van der Waals surface area (Å²) in [5.74, 6) is 1.26. The Morgan fingerprint density at radius 3 is 2.82 bits per heavy atom. The number of furan rings is 1. The molecule has 17 heavy (non-hydrogen) atoms. The molecule has 0 aliphatic rings. The van der Waals surface area contributed by atoms with Crippen molar-refractivity contribution in [1.29, 1.82) is 0 Å². The molecule has 5 heteroatoms. The first kappa shape index (κ1) is 12.2. The van der Waals surface area contributed by atoms with Gasteiger partial charge in [-0.25, -0.2) is 0 Å². The quantitative estimate of drug-likeness (QED) is 0.853. The van der Waals surface area contributed by atoms with Crippen molar-refractivity contribution >= 4 is 22.6 Å². The van der Waals surface area contributed by atoms with E-state index < -0.39 is 0 Å². The first-order chi connectivity index (χ1) is 8.11. The molecule has 1 aromatic carbocycles. The molecule has 0 aliphatic carbocycles. The van der Waals surface area contributed by atoms with Crippen molar-refractivity contribution < 1.29 is 13.9 Å². The molecular weight excluding hydrogens is 242 g/mol.